The normalized spacial score (nSPS) is 12.6. The number of benzene rings is 1. The van der Waals surface area contributed by atoms with Crippen LogP contribution in [0.5, 0.6) is 0 Å². The molecular formula is C17H23N3O. The van der Waals surface area contributed by atoms with Crippen molar-refractivity contribution in [3.8, 4) is 0 Å². The van der Waals surface area contributed by atoms with Gasteiger partial charge in [0.1, 0.15) is 5.69 Å². The summed E-state index contributed by atoms with van der Waals surface area (Å²) >= 11 is 0. The van der Waals surface area contributed by atoms with Crippen molar-refractivity contribution in [3.05, 3.63) is 42.2 Å². The summed E-state index contributed by atoms with van der Waals surface area (Å²) < 4.78 is 0. The standard InChI is InChI=1S/C17H23N3O/c1-3-12(4-2)15(18)11-20-17(21)16-14-8-6-5-7-13(14)9-10-19-16/h5-10,12,15H,3-4,11,18H2,1-2H3,(H,20,21). The zero-order chi connectivity index (χ0) is 15.2. The van der Waals surface area contributed by atoms with Crippen molar-refractivity contribution in [2.24, 2.45) is 11.7 Å². The second-order valence-electron chi connectivity index (χ2n) is 5.33. The zero-order valence-electron chi connectivity index (χ0n) is 12.7. The number of nitrogens with one attached hydrogen (secondary N) is 1. The van der Waals surface area contributed by atoms with E-state index in [2.05, 4.69) is 24.1 Å². The molecule has 1 atom stereocenters. The van der Waals surface area contributed by atoms with Crippen molar-refractivity contribution in [3.63, 3.8) is 0 Å². The SMILES string of the molecule is CCC(CC)C(N)CNC(=O)c1nccc2ccccc12. The molecule has 1 amide bonds. The number of hydrogen-bond donors (Lipinski definition) is 2. The van der Waals surface area contributed by atoms with Gasteiger partial charge in [0.15, 0.2) is 0 Å². The van der Waals surface area contributed by atoms with Crippen LogP contribution in [0.3, 0.4) is 0 Å². The number of amides is 1. The molecule has 2 aromatic rings. The first-order chi connectivity index (χ1) is 10.2. The average molecular weight is 285 g/mol. The van der Waals surface area contributed by atoms with E-state index in [0.29, 0.717) is 18.2 Å². The van der Waals surface area contributed by atoms with Gasteiger partial charge >= 0.3 is 0 Å². The molecule has 1 unspecified atom stereocenters. The topological polar surface area (TPSA) is 68.0 Å². The molecule has 0 fully saturated rings. The Labute approximate surface area is 125 Å². The Morgan fingerprint density at radius 1 is 1.24 bits per heavy atom. The lowest BCUT2D eigenvalue weighted by Crippen LogP contribution is -2.42. The third-order valence-corrected chi connectivity index (χ3v) is 4.04. The maximum absolute atomic E-state index is 12.3. The molecule has 1 aromatic heterocycles. The number of aromatic nitrogens is 1. The minimum absolute atomic E-state index is 0.0149. The fourth-order valence-corrected chi connectivity index (χ4v) is 2.66. The number of carbonyl (C=O) groups excluding carboxylic acids is 1. The highest BCUT2D eigenvalue weighted by Crippen LogP contribution is 2.16. The predicted molar refractivity (Wildman–Crippen MR) is 86.1 cm³/mol. The third kappa shape index (κ3) is 3.58. The Bertz CT molecular complexity index is 603. The van der Waals surface area contributed by atoms with E-state index in [1.807, 2.05) is 30.3 Å². The highest BCUT2D eigenvalue weighted by Gasteiger charge is 2.16. The molecular weight excluding hydrogens is 262 g/mol. The monoisotopic (exact) mass is 285 g/mol. The van der Waals surface area contributed by atoms with Gasteiger partial charge < -0.3 is 11.1 Å². The van der Waals surface area contributed by atoms with Gasteiger partial charge in [-0.05, 0) is 17.4 Å². The number of hydrogen-bond acceptors (Lipinski definition) is 3. The quantitative estimate of drug-likeness (QED) is 0.857. The number of nitrogens with zero attached hydrogens (tertiary/aromatic N) is 1. The van der Waals surface area contributed by atoms with E-state index < -0.39 is 0 Å². The summed E-state index contributed by atoms with van der Waals surface area (Å²) in [6.45, 7) is 4.74. The van der Waals surface area contributed by atoms with E-state index in [1.165, 1.54) is 0 Å². The summed E-state index contributed by atoms with van der Waals surface area (Å²) in [5, 5.41) is 4.80. The van der Waals surface area contributed by atoms with Crippen LogP contribution in [0.15, 0.2) is 36.5 Å². The van der Waals surface area contributed by atoms with Crippen molar-refractivity contribution >= 4 is 16.7 Å². The van der Waals surface area contributed by atoms with Crippen molar-refractivity contribution in [2.75, 3.05) is 6.54 Å². The van der Waals surface area contributed by atoms with Gasteiger partial charge in [0, 0.05) is 24.2 Å². The lowest BCUT2D eigenvalue weighted by atomic mass is 9.95. The van der Waals surface area contributed by atoms with Crippen LogP contribution < -0.4 is 11.1 Å². The number of fused-ring (bicyclic) bond motifs is 1. The van der Waals surface area contributed by atoms with Crippen molar-refractivity contribution in [2.45, 2.75) is 32.7 Å². The van der Waals surface area contributed by atoms with Crippen LogP contribution in [0, 0.1) is 5.92 Å². The highest BCUT2D eigenvalue weighted by atomic mass is 16.1. The Balaban J connectivity index is 2.09. The smallest absolute Gasteiger partial charge is 0.270 e. The Hall–Kier alpha value is -1.94. The largest absolute Gasteiger partial charge is 0.349 e. The van der Waals surface area contributed by atoms with Crippen LogP contribution in [-0.2, 0) is 0 Å². The fraction of sp³-hybridized carbons (Fsp3) is 0.412. The molecule has 112 valence electrons. The first-order valence-electron chi connectivity index (χ1n) is 7.54. The average Bonchev–Trinajstić information content (AvgIpc) is 2.53. The van der Waals surface area contributed by atoms with E-state index in [4.69, 9.17) is 5.73 Å². The van der Waals surface area contributed by atoms with Crippen LogP contribution in [0.4, 0.5) is 0 Å². The lowest BCUT2D eigenvalue weighted by Gasteiger charge is -2.21. The predicted octanol–water partition coefficient (Wildman–Crippen LogP) is 2.73. The van der Waals surface area contributed by atoms with Crippen molar-refractivity contribution in [1.29, 1.82) is 0 Å². The van der Waals surface area contributed by atoms with E-state index >= 15 is 0 Å². The van der Waals surface area contributed by atoms with Gasteiger partial charge in [0.25, 0.3) is 5.91 Å². The Morgan fingerprint density at radius 3 is 2.67 bits per heavy atom. The Morgan fingerprint density at radius 2 is 1.95 bits per heavy atom. The van der Waals surface area contributed by atoms with Gasteiger partial charge in [-0.2, -0.15) is 0 Å². The van der Waals surface area contributed by atoms with Gasteiger partial charge in [-0.15, -0.1) is 0 Å². The summed E-state index contributed by atoms with van der Waals surface area (Å²) in [7, 11) is 0. The Kier molecular flexibility index (Phi) is 5.28. The molecule has 0 aliphatic heterocycles. The molecule has 2 rings (SSSR count). The summed E-state index contributed by atoms with van der Waals surface area (Å²) in [5.74, 6) is 0.277. The molecule has 0 radical (unpaired) electrons. The summed E-state index contributed by atoms with van der Waals surface area (Å²) in [5.41, 5.74) is 6.61. The number of pyridine rings is 1. The first-order valence-corrected chi connectivity index (χ1v) is 7.54. The maximum Gasteiger partial charge on any atom is 0.270 e. The highest BCUT2D eigenvalue weighted by molar-refractivity contribution is 6.05. The molecule has 0 aliphatic rings. The van der Waals surface area contributed by atoms with Gasteiger partial charge in [-0.3, -0.25) is 9.78 Å². The zero-order valence-corrected chi connectivity index (χ0v) is 12.7. The van der Waals surface area contributed by atoms with Crippen LogP contribution in [0.1, 0.15) is 37.2 Å². The van der Waals surface area contributed by atoms with Crippen LogP contribution in [-0.4, -0.2) is 23.5 Å². The molecule has 0 spiro atoms. The van der Waals surface area contributed by atoms with Gasteiger partial charge in [0.05, 0.1) is 0 Å². The summed E-state index contributed by atoms with van der Waals surface area (Å²) in [4.78, 5) is 16.6. The molecule has 0 bridgehead atoms. The minimum Gasteiger partial charge on any atom is -0.349 e. The van der Waals surface area contributed by atoms with Crippen LogP contribution in [0.25, 0.3) is 10.8 Å². The molecule has 0 aliphatic carbocycles. The van der Waals surface area contributed by atoms with E-state index in [0.717, 1.165) is 23.6 Å². The molecule has 4 heteroatoms. The van der Waals surface area contributed by atoms with Gasteiger partial charge in [-0.25, -0.2) is 0 Å². The van der Waals surface area contributed by atoms with Gasteiger partial charge in [-0.1, -0.05) is 51.0 Å². The summed E-state index contributed by atoms with van der Waals surface area (Å²) in [6.07, 6.45) is 3.72. The third-order valence-electron chi connectivity index (χ3n) is 4.04. The molecule has 3 N–H and O–H groups in total. The molecule has 0 saturated heterocycles. The number of rotatable bonds is 6. The van der Waals surface area contributed by atoms with E-state index in [-0.39, 0.29) is 11.9 Å². The number of nitrogens with two attached hydrogens (primary N) is 1. The molecule has 1 heterocycles. The minimum atomic E-state index is -0.159. The molecule has 21 heavy (non-hydrogen) atoms. The fourth-order valence-electron chi connectivity index (χ4n) is 2.66. The molecule has 4 nitrogen and oxygen atoms in total. The van der Waals surface area contributed by atoms with Crippen molar-refractivity contribution < 1.29 is 4.79 Å². The summed E-state index contributed by atoms with van der Waals surface area (Å²) in [6, 6.07) is 9.65. The second-order valence-corrected chi connectivity index (χ2v) is 5.33. The van der Waals surface area contributed by atoms with E-state index in [1.54, 1.807) is 6.20 Å². The van der Waals surface area contributed by atoms with E-state index in [9.17, 15) is 4.79 Å². The van der Waals surface area contributed by atoms with Crippen LogP contribution >= 0.6 is 0 Å². The van der Waals surface area contributed by atoms with Crippen LogP contribution in [0.2, 0.25) is 0 Å². The number of carbonyl (C=O) groups is 1. The molecule has 0 saturated carbocycles. The molecule has 1 aromatic carbocycles. The van der Waals surface area contributed by atoms with Gasteiger partial charge in [0.2, 0.25) is 0 Å². The first kappa shape index (κ1) is 15.4. The maximum atomic E-state index is 12.3. The lowest BCUT2D eigenvalue weighted by molar-refractivity contribution is 0.0945. The van der Waals surface area contributed by atoms with Crippen molar-refractivity contribution in [1.82, 2.24) is 10.3 Å². The second kappa shape index (κ2) is 7.18.